The molecule has 1 aromatic rings. The van der Waals surface area contributed by atoms with E-state index in [4.69, 9.17) is 5.11 Å². The van der Waals surface area contributed by atoms with E-state index in [-0.39, 0.29) is 5.91 Å². The smallest absolute Gasteiger partial charge is 0.320 e. The lowest BCUT2D eigenvalue weighted by Gasteiger charge is -2.36. The quantitative estimate of drug-likeness (QED) is 0.890. The molecule has 1 aliphatic rings. The summed E-state index contributed by atoms with van der Waals surface area (Å²) in [5, 5.41) is 8.98. The Balaban J connectivity index is 1.97. The number of halogens is 1. The molecule has 0 bridgehead atoms. The molecule has 2 rings (SSSR count). The van der Waals surface area contributed by atoms with Gasteiger partial charge in [-0.25, -0.2) is 0 Å². The lowest BCUT2D eigenvalue weighted by Crippen LogP contribution is -2.53. The van der Waals surface area contributed by atoms with Gasteiger partial charge in [-0.15, -0.1) is 0 Å². The predicted octanol–water partition coefficient (Wildman–Crippen LogP) is 1.07. The van der Waals surface area contributed by atoms with Crippen molar-refractivity contribution in [3.05, 3.63) is 28.5 Å². The molecule has 2 heterocycles. The van der Waals surface area contributed by atoms with Crippen LogP contribution in [0, 0.1) is 0 Å². The van der Waals surface area contributed by atoms with Gasteiger partial charge in [-0.1, -0.05) is 0 Å². The van der Waals surface area contributed by atoms with Crippen molar-refractivity contribution in [1.82, 2.24) is 14.8 Å². The zero-order valence-corrected chi connectivity index (χ0v) is 12.7. The average Bonchev–Trinajstić information content (AvgIpc) is 2.46. The zero-order valence-electron chi connectivity index (χ0n) is 11.1. The number of pyridine rings is 1. The normalized spacial score (nSPS) is 17.8. The molecular formula is C13H16BrN3O3. The van der Waals surface area contributed by atoms with E-state index in [0.29, 0.717) is 31.7 Å². The average molecular weight is 342 g/mol. The van der Waals surface area contributed by atoms with Gasteiger partial charge in [-0.2, -0.15) is 0 Å². The Morgan fingerprint density at radius 1 is 1.30 bits per heavy atom. The molecule has 1 unspecified atom stereocenters. The lowest BCUT2D eigenvalue weighted by molar-refractivity contribution is -0.143. The number of hydrogen-bond acceptors (Lipinski definition) is 4. The van der Waals surface area contributed by atoms with Crippen molar-refractivity contribution < 1.29 is 14.7 Å². The van der Waals surface area contributed by atoms with Crippen LogP contribution in [-0.2, 0) is 4.79 Å². The predicted molar refractivity (Wildman–Crippen MR) is 76.5 cm³/mol. The van der Waals surface area contributed by atoms with E-state index in [1.807, 2.05) is 4.90 Å². The van der Waals surface area contributed by atoms with Crippen LogP contribution >= 0.6 is 15.9 Å². The van der Waals surface area contributed by atoms with Crippen LogP contribution in [0.15, 0.2) is 22.9 Å². The fraction of sp³-hybridized carbons (Fsp3) is 0.462. The van der Waals surface area contributed by atoms with Crippen molar-refractivity contribution >= 4 is 27.8 Å². The largest absolute Gasteiger partial charge is 0.480 e. The van der Waals surface area contributed by atoms with E-state index >= 15 is 0 Å². The molecule has 1 amide bonds. The van der Waals surface area contributed by atoms with Gasteiger partial charge in [0.1, 0.15) is 6.04 Å². The molecule has 1 saturated heterocycles. The Morgan fingerprint density at radius 2 is 1.95 bits per heavy atom. The number of piperazine rings is 1. The molecule has 0 spiro atoms. The molecule has 1 N–H and O–H groups in total. The van der Waals surface area contributed by atoms with E-state index in [2.05, 4.69) is 20.9 Å². The summed E-state index contributed by atoms with van der Waals surface area (Å²) in [5.74, 6) is -0.901. The van der Waals surface area contributed by atoms with Crippen molar-refractivity contribution in [3.63, 3.8) is 0 Å². The van der Waals surface area contributed by atoms with E-state index in [1.165, 1.54) is 0 Å². The summed E-state index contributed by atoms with van der Waals surface area (Å²) in [5.41, 5.74) is 0.541. The van der Waals surface area contributed by atoms with Crippen LogP contribution in [-0.4, -0.2) is 64.0 Å². The molecule has 0 aromatic carbocycles. The molecule has 0 aliphatic carbocycles. The Kier molecular flexibility index (Phi) is 4.72. The second-order valence-electron chi connectivity index (χ2n) is 4.73. The molecule has 1 fully saturated rings. The maximum absolute atomic E-state index is 12.3. The highest BCUT2D eigenvalue weighted by Gasteiger charge is 2.27. The first-order valence-electron chi connectivity index (χ1n) is 6.35. The second-order valence-corrected chi connectivity index (χ2v) is 5.65. The Hall–Kier alpha value is -1.47. The fourth-order valence-electron chi connectivity index (χ4n) is 2.18. The second kappa shape index (κ2) is 6.32. The third-order valence-electron chi connectivity index (χ3n) is 3.46. The lowest BCUT2D eigenvalue weighted by atomic mass is 10.2. The number of nitrogens with zero attached hydrogens (tertiary/aromatic N) is 3. The molecule has 6 nitrogen and oxygen atoms in total. The molecule has 0 saturated carbocycles. The summed E-state index contributed by atoms with van der Waals surface area (Å²) in [6.07, 6.45) is 3.17. The van der Waals surface area contributed by atoms with E-state index in [1.54, 1.807) is 30.3 Å². The summed E-state index contributed by atoms with van der Waals surface area (Å²) in [4.78, 5) is 30.8. The Bertz CT molecular complexity index is 515. The summed E-state index contributed by atoms with van der Waals surface area (Å²) in [7, 11) is 0. The van der Waals surface area contributed by atoms with Gasteiger partial charge in [0.2, 0.25) is 0 Å². The minimum atomic E-state index is -0.832. The minimum absolute atomic E-state index is 0.0681. The maximum atomic E-state index is 12.3. The molecule has 0 radical (unpaired) electrons. The standard InChI is InChI=1S/C13H16BrN3O3/c1-9(13(19)20)16-2-4-17(5-3-16)12(18)10-6-11(14)8-15-7-10/h6-9H,2-5H2,1H3,(H,19,20). The summed E-state index contributed by atoms with van der Waals surface area (Å²) in [6, 6.07) is 1.22. The van der Waals surface area contributed by atoms with E-state index in [9.17, 15) is 9.59 Å². The third kappa shape index (κ3) is 3.34. The number of carbonyl (C=O) groups excluding carboxylic acids is 1. The van der Waals surface area contributed by atoms with Crippen LogP contribution < -0.4 is 0 Å². The van der Waals surface area contributed by atoms with Gasteiger partial charge in [0.15, 0.2) is 0 Å². The van der Waals surface area contributed by atoms with Gasteiger partial charge < -0.3 is 10.0 Å². The van der Waals surface area contributed by atoms with Crippen molar-refractivity contribution in [2.45, 2.75) is 13.0 Å². The number of carboxylic acids is 1. The number of carbonyl (C=O) groups is 2. The Morgan fingerprint density at radius 3 is 2.50 bits per heavy atom. The highest BCUT2D eigenvalue weighted by Crippen LogP contribution is 2.14. The fourth-order valence-corrected chi connectivity index (χ4v) is 2.54. The molecule has 1 aliphatic heterocycles. The van der Waals surface area contributed by atoms with Crippen LogP contribution in [0.25, 0.3) is 0 Å². The van der Waals surface area contributed by atoms with Crippen LogP contribution in [0.5, 0.6) is 0 Å². The van der Waals surface area contributed by atoms with Gasteiger partial charge in [0, 0.05) is 43.0 Å². The molecule has 1 atom stereocenters. The van der Waals surface area contributed by atoms with Gasteiger partial charge in [-0.3, -0.25) is 19.5 Å². The van der Waals surface area contributed by atoms with Crippen LogP contribution in [0.4, 0.5) is 0 Å². The molecule has 7 heteroatoms. The number of hydrogen-bond donors (Lipinski definition) is 1. The van der Waals surface area contributed by atoms with Crippen LogP contribution in [0.3, 0.4) is 0 Å². The van der Waals surface area contributed by atoms with E-state index in [0.717, 1.165) is 4.47 Å². The van der Waals surface area contributed by atoms with Crippen LogP contribution in [0.2, 0.25) is 0 Å². The summed E-state index contributed by atoms with van der Waals surface area (Å²) >= 11 is 3.29. The van der Waals surface area contributed by atoms with Gasteiger partial charge in [-0.05, 0) is 28.9 Å². The minimum Gasteiger partial charge on any atom is -0.480 e. The van der Waals surface area contributed by atoms with Crippen LogP contribution in [0.1, 0.15) is 17.3 Å². The SMILES string of the molecule is CC(C(=O)O)N1CCN(C(=O)c2cncc(Br)c2)CC1. The van der Waals surface area contributed by atoms with Crippen molar-refractivity contribution in [2.24, 2.45) is 0 Å². The van der Waals surface area contributed by atoms with Gasteiger partial charge in [0.25, 0.3) is 5.91 Å². The maximum Gasteiger partial charge on any atom is 0.320 e. The van der Waals surface area contributed by atoms with Crippen molar-refractivity contribution in [2.75, 3.05) is 26.2 Å². The zero-order chi connectivity index (χ0) is 14.7. The van der Waals surface area contributed by atoms with Crippen molar-refractivity contribution in [3.8, 4) is 0 Å². The highest BCUT2D eigenvalue weighted by atomic mass is 79.9. The first-order valence-corrected chi connectivity index (χ1v) is 7.15. The number of aliphatic carboxylic acids is 1. The number of aromatic nitrogens is 1. The monoisotopic (exact) mass is 341 g/mol. The molecular weight excluding hydrogens is 326 g/mol. The number of amides is 1. The third-order valence-corrected chi connectivity index (χ3v) is 3.89. The summed E-state index contributed by atoms with van der Waals surface area (Å²) in [6.45, 7) is 3.87. The molecule has 20 heavy (non-hydrogen) atoms. The Labute approximate surface area is 125 Å². The summed E-state index contributed by atoms with van der Waals surface area (Å²) < 4.78 is 0.765. The molecule has 1 aromatic heterocycles. The first kappa shape index (κ1) is 14.9. The first-order chi connectivity index (χ1) is 9.49. The number of carboxylic acid groups (broad SMARTS) is 1. The molecule has 108 valence electrons. The van der Waals surface area contributed by atoms with E-state index < -0.39 is 12.0 Å². The van der Waals surface area contributed by atoms with Crippen molar-refractivity contribution in [1.29, 1.82) is 0 Å². The highest BCUT2D eigenvalue weighted by molar-refractivity contribution is 9.10. The topological polar surface area (TPSA) is 73.7 Å². The van der Waals surface area contributed by atoms with Gasteiger partial charge in [0.05, 0.1) is 5.56 Å². The van der Waals surface area contributed by atoms with Gasteiger partial charge >= 0.3 is 5.97 Å². The number of rotatable bonds is 3.